The molecule has 1 aliphatic heterocycles. The summed E-state index contributed by atoms with van der Waals surface area (Å²) in [5.74, 6) is 1.85. The van der Waals surface area contributed by atoms with Gasteiger partial charge in [-0.25, -0.2) is 5.32 Å². The highest BCUT2D eigenvalue weighted by atomic mass is 32.2. The van der Waals surface area contributed by atoms with Crippen molar-refractivity contribution in [3.63, 3.8) is 0 Å². The zero-order valence-corrected chi connectivity index (χ0v) is 9.17. The summed E-state index contributed by atoms with van der Waals surface area (Å²) < 4.78 is 0. The molecule has 0 spiro atoms. The minimum Gasteiger partial charge on any atom is -0.325 e. The Morgan fingerprint density at radius 1 is 1.40 bits per heavy atom. The average molecular weight is 221 g/mol. The number of hydrogen-bond acceptors (Lipinski definition) is 2. The number of thioether (sulfide) groups is 1. The Kier molecular flexibility index (Phi) is 3.64. The quantitative estimate of drug-likeness (QED) is 0.819. The first-order valence-corrected chi connectivity index (χ1v) is 6.12. The van der Waals surface area contributed by atoms with Crippen molar-refractivity contribution in [1.29, 1.82) is 0 Å². The predicted octanol–water partition coefficient (Wildman–Crippen LogP) is 1.34. The second-order valence-electron chi connectivity index (χ2n) is 3.35. The van der Waals surface area contributed by atoms with Crippen LogP contribution in [0.2, 0.25) is 0 Å². The van der Waals surface area contributed by atoms with Gasteiger partial charge in [-0.3, -0.25) is 4.79 Å². The summed E-state index contributed by atoms with van der Waals surface area (Å²) in [6.45, 7) is 0.789. The molecule has 1 N–H and O–H groups in total. The van der Waals surface area contributed by atoms with Gasteiger partial charge in [0.2, 0.25) is 5.91 Å². The molecule has 15 heavy (non-hydrogen) atoms. The Morgan fingerprint density at radius 3 is 2.87 bits per heavy atom. The minimum absolute atomic E-state index is 0.00778. The molecule has 1 atom stereocenters. The standard InChI is InChI=1S/C11H13N2OS/c14-11(10-8-15-7-6-12-10)13-9-4-2-1-3-5-9/h1-5,10H,6-8H2,(H,13,14). The van der Waals surface area contributed by atoms with Crippen molar-refractivity contribution in [3.8, 4) is 0 Å². The molecule has 1 heterocycles. The van der Waals surface area contributed by atoms with Gasteiger partial charge in [-0.1, -0.05) is 18.2 Å². The van der Waals surface area contributed by atoms with E-state index in [2.05, 4.69) is 10.6 Å². The number of anilines is 1. The smallest absolute Gasteiger partial charge is 0.244 e. The molecule has 1 aromatic rings. The summed E-state index contributed by atoms with van der Waals surface area (Å²) in [4.78, 5) is 11.7. The van der Waals surface area contributed by atoms with Crippen LogP contribution in [0, 0.1) is 0 Å². The molecule has 1 unspecified atom stereocenters. The van der Waals surface area contributed by atoms with Crippen LogP contribution in [0.5, 0.6) is 0 Å². The molecule has 3 nitrogen and oxygen atoms in total. The van der Waals surface area contributed by atoms with Crippen molar-refractivity contribution in [2.45, 2.75) is 6.04 Å². The van der Waals surface area contributed by atoms with Gasteiger partial charge < -0.3 is 5.32 Å². The fourth-order valence-electron chi connectivity index (χ4n) is 1.43. The van der Waals surface area contributed by atoms with E-state index in [0.717, 1.165) is 23.7 Å². The highest BCUT2D eigenvalue weighted by Crippen LogP contribution is 2.12. The second-order valence-corrected chi connectivity index (χ2v) is 4.50. The molecule has 1 saturated heterocycles. The zero-order valence-electron chi connectivity index (χ0n) is 8.35. The molecular formula is C11H13N2OS. The molecule has 1 aromatic carbocycles. The van der Waals surface area contributed by atoms with Crippen molar-refractivity contribution in [2.24, 2.45) is 0 Å². The van der Waals surface area contributed by atoms with E-state index in [1.807, 2.05) is 30.3 Å². The fourth-order valence-corrected chi connectivity index (χ4v) is 2.31. The SMILES string of the molecule is O=C(Nc1ccccc1)C1CSCC[N]1. The van der Waals surface area contributed by atoms with Crippen molar-refractivity contribution in [3.05, 3.63) is 30.3 Å². The van der Waals surface area contributed by atoms with Crippen molar-refractivity contribution < 1.29 is 4.79 Å². The van der Waals surface area contributed by atoms with Crippen LogP contribution in [-0.2, 0) is 4.79 Å². The Morgan fingerprint density at radius 2 is 2.20 bits per heavy atom. The van der Waals surface area contributed by atoms with Crippen LogP contribution < -0.4 is 10.6 Å². The number of rotatable bonds is 2. The first-order chi connectivity index (χ1) is 7.36. The molecule has 79 valence electrons. The molecule has 0 aliphatic carbocycles. The first kappa shape index (κ1) is 10.5. The first-order valence-electron chi connectivity index (χ1n) is 4.96. The number of benzene rings is 1. The van der Waals surface area contributed by atoms with Crippen LogP contribution in [0.3, 0.4) is 0 Å². The lowest BCUT2D eigenvalue weighted by atomic mass is 10.2. The molecule has 2 rings (SSSR count). The summed E-state index contributed by atoms with van der Waals surface area (Å²) in [5, 5.41) is 7.16. The van der Waals surface area contributed by atoms with E-state index in [0.29, 0.717) is 0 Å². The number of hydrogen-bond donors (Lipinski definition) is 1. The lowest BCUT2D eigenvalue weighted by molar-refractivity contribution is -0.117. The van der Waals surface area contributed by atoms with Crippen molar-refractivity contribution in [2.75, 3.05) is 23.4 Å². The van der Waals surface area contributed by atoms with Gasteiger partial charge in [0, 0.05) is 23.7 Å². The van der Waals surface area contributed by atoms with Gasteiger partial charge in [0.05, 0.1) is 0 Å². The van der Waals surface area contributed by atoms with Crippen LogP contribution in [0.25, 0.3) is 0 Å². The van der Waals surface area contributed by atoms with E-state index >= 15 is 0 Å². The molecule has 4 heteroatoms. The highest BCUT2D eigenvalue weighted by Gasteiger charge is 2.21. The van der Waals surface area contributed by atoms with Crippen LogP contribution in [0.1, 0.15) is 0 Å². The third-order valence-electron chi connectivity index (χ3n) is 2.20. The maximum atomic E-state index is 11.7. The summed E-state index contributed by atoms with van der Waals surface area (Å²) >= 11 is 1.79. The van der Waals surface area contributed by atoms with Gasteiger partial charge in [0.25, 0.3) is 0 Å². The third kappa shape index (κ3) is 2.97. The van der Waals surface area contributed by atoms with Gasteiger partial charge in [-0.2, -0.15) is 11.8 Å². The van der Waals surface area contributed by atoms with E-state index in [9.17, 15) is 4.79 Å². The largest absolute Gasteiger partial charge is 0.325 e. The fraction of sp³-hybridized carbons (Fsp3) is 0.364. The van der Waals surface area contributed by atoms with Gasteiger partial charge in [0.1, 0.15) is 6.04 Å². The van der Waals surface area contributed by atoms with Gasteiger partial charge in [0.15, 0.2) is 0 Å². The second kappa shape index (κ2) is 5.19. The Bertz CT molecular complexity index is 323. The normalized spacial score (nSPS) is 20.9. The number of nitrogens with one attached hydrogen (secondary N) is 1. The molecule has 0 bridgehead atoms. The number of amides is 1. The topological polar surface area (TPSA) is 43.2 Å². The third-order valence-corrected chi connectivity index (χ3v) is 3.23. The van der Waals surface area contributed by atoms with E-state index in [1.165, 1.54) is 0 Å². The lowest BCUT2D eigenvalue weighted by Crippen LogP contribution is -2.41. The van der Waals surface area contributed by atoms with Crippen LogP contribution in [0.15, 0.2) is 30.3 Å². The summed E-state index contributed by atoms with van der Waals surface area (Å²) in [6, 6.07) is 9.33. The molecule has 1 aliphatic rings. The monoisotopic (exact) mass is 221 g/mol. The number of para-hydroxylation sites is 1. The van der Waals surface area contributed by atoms with Gasteiger partial charge in [-0.05, 0) is 12.1 Å². The molecule has 0 aromatic heterocycles. The lowest BCUT2D eigenvalue weighted by Gasteiger charge is -2.20. The molecule has 1 radical (unpaired) electrons. The maximum absolute atomic E-state index is 11.7. The maximum Gasteiger partial charge on any atom is 0.244 e. The molecular weight excluding hydrogens is 208 g/mol. The number of carbonyl (C=O) groups is 1. The highest BCUT2D eigenvalue weighted by molar-refractivity contribution is 7.99. The van der Waals surface area contributed by atoms with Gasteiger partial charge in [-0.15, -0.1) is 0 Å². The number of carbonyl (C=O) groups excluding carboxylic acids is 1. The van der Waals surface area contributed by atoms with Crippen molar-refractivity contribution in [1.82, 2.24) is 5.32 Å². The van der Waals surface area contributed by atoms with E-state index in [4.69, 9.17) is 0 Å². The zero-order chi connectivity index (χ0) is 10.5. The summed E-state index contributed by atoms with van der Waals surface area (Å²) in [6.07, 6.45) is 0. The molecule has 1 amide bonds. The van der Waals surface area contributed by atoms with Crippen molar-refractivity contribution >= 4 is 23.4 Å². The van der Waals surface area contributed by atoms with Gasteiger partial charge >= 0.3 is 0 Å². The Labute approximate surface area is 93.6 Å². The minimum atomic E-state index is -0.177. The molecule has 1 fully saturated rings. The van der Waals surface area contributed by atoms with E-state index in [-0.39, 0.29) is 11.9 Å². The average Bonchev–Trinajstić information content (AvgIpc) is 2.31. The summed E-state index contributed by atoms with van der Waals surface area (Å²) in [7, 11) is 0. The number of nitrogens with zero attached hydrogens (tertiary/aromatic N) is 1. The van der Waals surface area contributed by atoms with Crippen LogP contribution in [0.4, 0.5) is 5.69 Å². The van der Waals surface area contributed by atoms with Crippen LogP contribution >= 0.6 is 11.8 Å². The Hall–Kier alpha value is -1.00. The molecule has 0 saturated carbocycles. The predicted molar refractivity (Wildman–Crippen MR) is 63.2 cm³/mol. The summed E-state index contributed by atoms with van der Waals surface area (Å²) in [5.41, 5.74) is 0.841. The van der Waals surface area contributed by atoms with E-state index in [1.54, 1.807) is 11.8 Å². The van der Waals surface area contributed by atoms with E-state index < -0.39 is 0 Å². The van der Waals surface area contributed by atoms with Crippen LogP contribution in [-0.4, -0.2) is 30.0 Å². The Balaban J connectivity index is 1.91.